The molecular weight excluding hydrogens is 424 g/mol. The molecule has 0 unspecified atom stereocenters. The maximum Gasteiger partial charge on any atom is 0.243 e. The molecule has 0 saturated carbocycles. The van der Waals surface area contributed by atoms with Crippen molar-refractivity contribution in [2.24, 2.45) is 0 Å². The van der Waals surface area contributed by atoms with Crippen molar-refractivity contribution >= 4 is 41.3 Å². The Morgan fingerprint density at radius 2 is 1.35 bits per heavy atom. The number of hydrogen-bond acceptors (Lipinski definition) is 7. The quantitative estimate of drug-likeness (QED) is 0.643. The number of benzene rings is 1. The Morgan fingerprint density at radius 3 is 1.81 bits per heavy atom. The van der Waals surface area contributed by atoms with E-state index in [1.807, 2.05) is 0 Å². The Kier molecular flexibility index (Phi) is 4.22. The number of piperazine rings is 1. The summed E-state index contributed by atoms with van der Waals surface area (Å²) < 4.78 is 76.1. The summed E-state index contributed by atoms with van der Waals surface area (Å²) in [5, 5.41) is 3.43. The van der Waals surface area contributed by atoms with Gasteiger partial charge in [-0.1, -0.05) is 11.6 Å². The van der Waals surface area contributed by atoms with Crippen LogP contribution in [-0.2, 0) is 29.7 Å². The van der Waals surface area contributed by atoms with Crippen molar-refractivity contribution in [3.05, 3.63) is 29.3 Å². The van der Waals surface area contributed by atoms with E-state index in [9.17, 15) is 25.3 Å². The molecule has 0 aliphatic carbocycles. The maximum absolute atomic E-state index is 13.3. The Balaban J connectivity index is 1.83. The first-order valence-electron chi connectivity index (χ1n) is 7.95. The molecule has 0 spiro atoms. The average molecular weight is 441 g/mol. The molecule has 0 amide bonds. The lowest BCUT2D eigenvalue weighted by Crippen LogP contribution is -2.67. The molecule has 4 rings (SSSR count). The Hall–Kier alpha value is -0.720. The predicted molar refractivity (Wildman–Crippen MR) is 96.1 cm³/mol. The fraction of sp³-hybridized carbons (Fsp3) is 0.571. The van der Waals surface area contributed by atoms with Gasteiger partial charge in [0, 0.05) is 17.1 Å². The molecule has 1 aromatic rings. The first-order valence-corrected chi connectivity index (χ1v) is 13.4. The second-order valence-corrected chi connectivity index (χ2v) is 13.5. The van der Waals surface area contributed by atoms with Gasteiger partial charge >= 0.3 is 0 Å². The number of nitrogens with one attached hydrogen (secondary N) is 1. The van der Waals surface area contributed by atoms with Crippen LogP contribution < -0.4 is 5.32 Å². The highest BCUT2D eigenvalue weighted by molar-refractivity contribution is 7.92. The molecule has 3 fully saturated rings. The molecule has 8 nitrogen and oxygen atoms in total. The highest BCUT2D eigenvalue weighted by Crippen LogP contribution is 2.36. The lowest BCUT2D eigenvalue weighted by molar-refractivity contribution is 0.160. The molecule has 3 heterocycles. The molecule has 0 radical (unpaired) electrons. The highest BCUT2D eigenvalue weighted by Gasteiger charge is 2.57. The number of nitrogens with zero attached hydrogens (tertiary/aromatic N) is 1. The summed E-state index contributed by atoms with van der Waals surface area (Å²) in [5.74, 6) is -1.04. The fourth-order valence-electron chi connectivity index (χ4n) is 4.08. The van der Waals surface area contributed by atoms with Gasteiger partial charge in [0.05, 0.1) is 40.0 Å². The van der Waals surface area contributed by atoms with E-state index in [0.29, 0.717) is 5.02 Å². The minimum atomic E-state index is -4.08. The van der Waals surface area contributed by atoms with E-state index in [1.165, 1.54) is 24.3 Å². The highest BCUT2D eigenvalue weighted by atomic mass is 35.5. The molecule has 26 heavy (non-hydrogen) atoms. The minimum Gasteiger partial charge on any atom is -0.306 e. The Bertz CT molecular complexity index is 1000. The molecule has 3 aliphatic rings. The Morgan fingerprint density at radius 1 is 0.885 bits per heavy atom. The van der Waals surface area contributed by atoms with Gasteiger partial charge in [0.2, 0.25) is 10.0 Å². The molecule has 144 valence electrons. The van der Waals surface area contributed by atoms with Crippen LogP contribution in [0, 0.1) is 0 Å². The van der Waals surface area contributed by atoms with E-state index in [4.69, 9.17) is 11.6 Å². The second-order valence-electron chi connectivity index (χ2n) is 6.96. The van der Waals surface area contributed by atoms with Gasteiger partial charge in [-0.15, -0.1) is 0 Å². The number of sulfonamides is 1. The van der Waals surface area contributed by atoms with Gasteiger partial charge in [-0.3, -0.25) is 0 Å². The van der Waals surface area contributed by atoms with Crippen LogP contribution in [0.1, 0.15) is 0 Å². The number of halogens is 1. The summed E-state index contributed by atoms with van der Waals surface area (Å²) in [5.41, 5.74) is 0. The van der Waals surface area contributed by atoms with Gasteiger partial charge < -0.3 is 5.32 Å². The Labute approximate surface area is 157 Å². The van der Waals surface area contributed by atoms with Crippen LogP contribution in [0.5, 0.6) is 0 Å². The van der Waals surface area contributed by atoms with Crippen molar-refractivity contribution < 1.29 is 25.3 Å². The molecule has 0 bridgehead atoms. The topological polar surface area (TPSA) is 118 Å². The van der Waals surface area contributed by atoms with Crippen molar-refractivity contribution in [3.8, 4) is 0 Å². The number of rotatable bonds is 2. The molecule has 1 N–H and O–H groups in total. The first-order chi connectivity index (χ1) is 12.0. The zero-order valence-corrected chi connectivity index (χ0v) is 16.7. The largest absolute Gasteiger partial charge is 0.306 e. The zero-order valence-electron chi connectivity index (χ0n) is 13.4. The van der Waals surface area contributed by atoms with Crippen molar-refractivity contribution in [2.75, 3.05) is 23.0 Å². The molecule has 3 saturated heterocycles. The van der Waals surface area contributed by atoms with Crippen molar-refractivity contribution in [2.45, 2.75) is 29.1 Å². The molecule has 3 aliphatic heterocycles. The summed E-state index contributed by atoms with van der Waals surface area (Å²) >= 11 is 5.82. The van der Waals surface area contributed by atoms with Crippen LogP contribution in [0.15, 0.2) is 29.2 Å². The van der Waals surface area contributed by atoms with Gasteiger partial charge in [-0.05, 0) is 24.3 Å². The van der Waals surface area contributed by atoms with E-state index in [0.717, 1.165) is 4.31 Å². The summed E-state index contributed by atoms with van der Waals surface area (Å²) in [6.45, 7) is 0. The van der Waals surface area contributed by atoms with Crippen LogP contribution in [0.2, 0.25) is 5.02 Å². The summed E-state index contributed by atoms with van der Waals surface area (Å²) in [6, 6.07) is 2.68. The molecular formula is C14H17ClN2O6S3. The maximum atomic E-state index is 13.3. The number of hydrogen-bond donors (Lipinski definition) is 1. The third kappa shape index (κ3) is 3.08. The predicted octanol–water partition coefficient (Wildman–Crippen LogP) is -0.735. The monoisotopic (exact) mass is 440 g/mol. The van der Waals surface area contributed by atoms with E-state index >= 15 is 0 Å². The van der Waals surface area contributed by atoms with E-state index in [1.54, 1.807) is 0 Å². The minimum absolute atomic E-state index is 0.0325. The van der Waals surface area contributed by atoms with E-state index in [-0.39, 0.29) is 27.9 Å². The third-order valence-corrected chi connectivity index (χ3v) is 10.8. The standard InChI is InChI=1S/C14H17ClN2O6S3/c15-9-1-3-10(4-2-9)26(22,23)17-13-7-24(18,19)5-11(13)16-12-6-25(20,21)8-14(12)17/h1-4,11-14,16H,5-8H2/t11-,12+,13-,14-/m1/s1. The van der Waals surface area contributed by atoms with Gasteiger partial charge in [0.15, 0.2) is 19.7 Å². The van der Waals surface area contributed by atoms with Gasteiger partial charge in [-0.25, -0.2) is 25.3 Å². The summed E-state index contributed by atoms with van der Waals surface area (Å²) in [6.07, 6.45) is 0. The second kappa shape index (κ2) is 5.89. The smallest absolute Gasteiger partial charge is 0.243 e. The van der Waals surface area contributed by atoms with Crippen molar-refractivity contribution in [3.63, 3.8) is 0 Å². The average Bonchev–Trinajstić information content (AvgIpc) is 2.96. The summed E-state index contributed by atoms with van der Waals surface area (Å²) in [7, 11) is -10.9. The SMILES string of the molecule is O=S1(=O)C[C@@H]2N[C@@H]3CS(=O)(=O)C[C@H]3N(S(=O)(=O)c3ccc(Cl)cc3)[C@@H]2C1. The van der Waals surface area contributed by atoms with E-state index < -0.39 is 53.9 Å². The first kappa shape index (κ1) is 18.6. The molecule has 0 aromatic heterocycles. The van der Waals surface area contributed by atoms with Crippen molar-refractivity contribution in [1.29, 1.82) is 0 Å². The molecule has 12 heteroatoms. The van der Waals surface area contributed by atoms with Gasteiger partial charge in [0.1, 0.15) is 0 Å². The van der Waals surface area contributed by atoms with Crippen molar-refractivity contribution in [1.82, 2.24) is 9.62 Å². The van der Waals surface area contributed by atoms with Gasteiger partial charge in [-0.2, -0.15) is 4.31 Å². The van der Waals surface area contributed by atoms with Crippen LogP contribution in [0.3, 0.4) is 0 Å². The lowest BCUT2D eigenvalue weighted by atomic mass is 10.0. The normalized spacial score (nSPS) is 35.7. The van der Waals surface area contributed by atoms with Crippen LogP contribution in [0.4, 0.5) is 0 Å². The van der Waals surface area contributed by atoms with E-state index in [2.05, 4.69) is 5.32 Å². The van der Waals surface area contributed by atoms with Crippen LogP contribution in [-0.4, -0.2) is 76.7 Å². The summed E-state index contributed by atoms with van der Waals surface area (Å²) in [4.78, 5) is -0.0325. The number of sulfone groups is 2. The molecule has 1 aromatic carbocycles. The fourth-order valence-corrected chi connectivity index (χ4v) is 10.1. The zero-order chi connectivity index (χ0) is 18.9. The lowest BCUT2D eigenvalue weighted by Gasteiger charge is -2.43. The third-order valence-electron chi connectivity index (χ3n) is 5.12. The number of fused-ring (bicyclic) bond motifs is 2. The van der Waals surface area contributed by atoms with Crippen LogP contribution >= 0.6 is 11.6 Å². The molecule has 4 atom stereocenters. The van der Waals surface area contributed by atoms with Crippen LogP contribution in [0.25, 0.3) is 0 Å². The van der Waals surface area contributed by atoms with Gasteiger partial charge in [0.25, 0.3) is 0 Å².